The second kappa shape index (κ2) is 5.61. The van der Waals surface area contributed by atoms with Crippen LogP contribution >= 0.6 is 0 Å². The third kappa shape index (κ3) is 2.41. The third-order valence-electron chi connectivity index (χ3n) is 5.33. The van der Waals surface area contributed by atoms with E-state index in [9.17, 15) is 13.6 Å². The average molecular weight is 309 g/mol. The predicted octanol–water partition coefficient (Wildman–Crippen LogP) is 3.38. The summed E-state index contributed by atoms with van der Waals surface area (Å²) in [5.41, 5.74) is -0.461. The number of amides is 1. The Kier molecular flexibility index (Phi) is 3.93. The van der Waals surface area contributed by atoms with E-state index in [4.69, 9.17) is 4.74 Å². The predicted molar refractivity (Wildman–Crippen MR) is 78.6 cm³/mol. The molecule has 120 valence electrons. The standard InChI is InChI=1S/C17H21F2NO2/c1-17-8-9-20(14(17)7-6-11(10-17)22-2)16(21)15-12(18)4-3-5-13(15)19/h3-5,11,14H,6-10H2,1-2H3/t11-,14-,17+/m1/s1. The normalized spacial score (nSPS) is 31.2. The van der Waals surface area contributed by atoms with Crippen molar-refractivity contribution in [2.24, 2.45) is 5.41 Å². The van der Waals surface area contributed by atoms with Gasteiger partial charge >= 0.3 is 0 Å². The minimum atomic E-state index is -0.788. The smallest absolute Gasteiger partial charge is 0.260 e. The number of fused-ring (bicyclic) bond motifs is 1. The van der Waals surface area contributed by atoms with Crippen molar-refractivity contribution in [1.82, 2.24) is 4.90 Å². The molecule has 1 heterocycles. The fourth-order valence-electron chi connectivity index (χ4n) is 4.07. The van der Waals surface area contributed by atoms with Gasteiger partial charge in [-0.3, -0.25) is 4.79 Å². The molecule has 1 amide bonds. The van der Waals surface area contributed by atoms with E-state index in [0.29, 0.717) is 6.54 Å². The van der Waals surface area contributed by atoms with Crippen LogP contribution in [0.25, 0.3) is 0 Å². The Morgan fingerprint density at radius 1 is 1.32 bits per heavy atom. The highest BCUT2D eigenvalue weighted by Gasteiger charge is 2.49. The summed E-state index contributed by atoms with van der Waals surface area (Å²) in [6.45, 7) is 2.69. The Labute approximate surface area is 129 Å². The number of rotatable bonds is 2. The van der Waals surface area contributed by atoms with Crippen molar-refractivity contribution in [3.63, 3.8) is 0 Å². The number of nitrogens with zero attached hydrogens (tertiary/aromatic N) is 1. The second-order valence-electron chi connectivity index (χ2n) is 6.65. The van der Waals surface area contributed by atoms with Gasteiger partial charge in [0.25, 0.3) is 5.91 Å². The maximum atomic E-state index is 13.9. The summed E-state index contributed by atoms with van der Waals surface area (Å²) in [7, 11) is 1.71. The van der Waals surface area contributed by atoms with E-state index in [1.54, 1.807) is 12.0 Å². The zero-order valence-corrected chi connectivity index (χ0v) is 12.9. The average Bonchev–Trinajstić information content (AvgIpc) is 2.83. The lowest BCUT2D eigenvalue weighted by atomic mass is 9.71. The second-order valence-corrected chi connectivity index (χ2v) is 6.65. The summed E-state index contributed by atoms with van der Waals surface area (Å²) in [6, 6.07) is 3.57. The van der Waals surface area contributed by atoms with Crippen LogP contribution < -0.4 is 0 Å². The number of likely N-dealkylation sites (tertiary alicyclic amines) is 1. The number of hydrogen-bond acceptors (Lipinski definition) is 2. The van der Waals surface area contributed by atoms with Gasteiger partial charge in [0.2, 0.25) is 0 Å². The lowest BCUT2D eigenvalue weighted by Gasteiger charge is -2.42. The SMILES string of the molecule is CO[C@@H]1CC[C@H]2N(C(=O)c3c(F)cccc3F)CC[C@@]2(C)C1. The van der Waals surface area contributed by atoms with Crippen molar-refractivity contribution in [3.05, 3.63) is 35.4 Å². The quantitative estimate of drug-likeness (QED) is 0.838. The van der Waals surface area contributed by atoms with E-state index in [2.05, 4.69) is 6.92 Å². The number of halogens is 2. The van der Waals surface area contributed by atoms with Gasteiger partial charge in [-0.05, 0) is 43.2 Å². The number of carbonyl (C=O) groups is 1. The summed E-state index contributed by atoms with van der Waals surface area (Å²) in [5.74, 6) is -2.10. The third-order valence-corrected chi connectivity index (χ3v) is 5.33. The first kappa shape index (κ1) is 15.4. The highest BCUT2D eigenvalue weighted by Crippen LogP contribution is 2.47. The van der Waals surface area contributed by atoms with Gasteiger partial charge in [0, 0.05) is 19.7 Å². The van der Waals surface area contributed by atoms with Crippen LogP contribution in [0.1, 0.15) is 43.0 Å². The molecule has 0 unspecified atom stereocenters. The maximum Gasteiger partial charge on any atom is 0.260 e. The van der Waals surface area contributed by atoms with Crippen LogP contribution in [0.3, 0.4) is 0 Å². The fourth-order valence-corrected chi connectivity index (χ4v) is 4.07. The van der Waals surface area contributed by atoms with Gasteiger partial charge < -0.3 is 9.64 Å². The minimum absolute atomic E-state index is 0.0314. The number of hydrogen-bond donors (Lipinski definition) is 0. The lowest BCUT2D eigenvalue weighted by molar-refractivity contribution is -0.00294. The molecule has 1 aliphatic heterocycles. The molecule has 1 aliphatic carbocycles. The van der Waals surface area contributed by atoms with Crippen molar-refractivity contribution >= 4 is 5.91 Å². The summed E-state index contributed by atoms with van der Waals surface area (Å²) in [4.78, 5) is 14.3. The number of ether oxygens (including phenoxy) is 1. The van der Waals surface area contributed by atoms with Gasteiger partial charge in [-0.2, -0.15) is 0 Å². The van der Waals surface area contributed by atoms with Crippen molar-refractivity contribution in [3.8, 4) is 0 Å². The molecule has 0 bridgehead atoms. The zero-order valence-electron chi connectivity index (χ0n) is 12.9. The molecular weight excluding hydrogens is 288 g/mol. The van der Waals surface area contributed by atoms with Crippen LogP contribution in [0.5, 0.6) is 0 Å². The van der Waals surface area contributed by atoms with Crippen LogP contribution in [0.4, 0.5) is 8.78 Å². The molecule has 1 aromatic rings. The van der Waals surface area contributed by atoms with Crippen LogP contribution in [-0.4, -0.2) is 36.6 Å². The van der Waals surface area contributed by atoms with Crippen LogP contribution in [-0.2, 0) is 4.74 Å². The first-order chi connectivity index (χ1) is 10.5. The Hall–Kier alpha value is -1.49. The molecule has 3 rings (SSSR count). The molecular formula is C17H21F2NO2. The molecule has 1 saturated carbocycles. The number of benzene rings is 1. The van der Waals surface area contributed by atoms with Crippen molar-refractivity contribution in [2.45, 2.75) is 44.8 Å². The van der Waals surface area contributed by atoms with Gasteiger partial charge in [-0.15, -0.1) is 0 Å². The highest BCUT2D eigenvalue weighted by atomic mass is 19.1. The van der Waals surface area contributed by atoms with E-state index in [0.717, 1.165) is 37.8 Å². The molecule has 2 aliphatic rings. The van der Waals surface area contributed by atoms with E-state index in [-0.39, 0.29) is 17.6 Å². The Morgan fingerprint density at radius 3 is 2.64 bits per heavy atom. The maximum absolute atomic E-state index is 13.9. The van der Waals surface area contributed by atoms with Crippen molar-refractivity contribution in [1.29, 1.82) is 0 Å². The summed E-state index contributed by atoms with van der Waals surface area (Å²) < 4.78 is 33.2. The summed E-state index contributed by atoms with van der Waals surface area (Å²) in [5, 5.41) is 0. The van der Waals surface area contributed by atoms with E-state index >= 15 is 0 Å². The van der Waals surface area contributed by atoms with E-state index < -0.39 is 23.1 Å². The number of methoxy groups -OCH3 is 1. The molecule has 3 nitrogen and oxygen atoms in total. The van der Waals surface area contributed by atoms with Crippen molar-refractivity contribution in [2.75, 3.05) is 13.7 Å². The number of carbonyl (C=O) groups excluding carboxylic acids is 1. The molecule has 0 spiro atoms. The van der Waals surface area contributed by atoms with Crippen LogP contribution in [0, 0.1) is 17.0 Å². The largest absolute Gasteiger partial charge is 0.381 e. The van der Waals surface area contributed by atoms with E-state index in [1.807, 2.05) is 0 Å². The van der Waals surface area contributed by atoms with Gasteiger partial charge in [-0.1, -0.05) is 13.0 Å². The molecule has 1 saturated heterocycles. The Balaban J connectivity index is 1.86. The van der Waals surface area contributed by atoms with Gasteiger partial charge in [0.1, 0.15) is 17.2 Å². The van der Waals surface area contributed by atoms with Gasteiger partial charge in [0.05, 0.1) is 6.10 Å². The molecule has 0 N–H and O–H groups in total. The van der Waals surface area contributed by atoms with Gasteiger partial charge in [0.15, 0.2) is 0 Å². The summed E-state index contributed by atoms with van der Waals surface area (Å²) >= 11 is 0. The molecule has 22 heavy (non-hydrogen) atoms. The van der Waals surface area contributed by atoms with E-state index in [1.165, 1.54) is 6.07 Å². The molecule has 0 aromatic heterocycles. The first-order valence-electron chi connectivity index (χ1n) is 7.74. The van der Waals surface area contributed by atoms with Crippen LogP contribution in [0.15, 0.2) is 18.2 Å². The molecule has 3 atom stereocenters. The van der Waals surface area contributed by atoms with Crippen LogP contribution in [0.2, 0.25) is 0 Å². The summed E-state index contributed by atoms with van der Waals surface area (Å²) in [6.07, 6.45) is 3.63. The fraction of sp³-hybridized carbons (Fsp3) is 0.588. The molecule has 5 heteroatoms. The topological polar surface area (TPSA) is 29.5 Å². The highest BCUT2D eigenvalue weighted by molar-refractivity contribution is 5.95. The Bertz CT molecular complexity index is 572. The molecule has 2 fully saturated rings. The zero-order chi connectivity index (χ0) is 15.9. The first-order valence-corrected chi connectivity index (χ1v) is 7.74. The monoisotopic (exact) mass is 309 g/mol. The van der Waals surface area contributed by atoms with Crippen molar-refractivity contribution < 1.29 is 18.3 Å². The molecule has 0 radical (unpaired) electrons. The lowest BCUT2D eigenvalue weighted by Crippen LogP contribution is -2.46. The Morgan fingerprint density at radius 2 is 2.00 bits per heavy atom. The van der Waals surface area contributed by atoms with Gasteiger partial charge in [-0.25, -0.2) is 8.78 Å². The molecule has 1 aromatic carbocycles. The minimum Gasteiger partial charge on any atom is -0.381 e.